The quantitative estimate of drug-likeness (QED) is 0.783. The number of hydrogen-bond donors (Lipinski definition) is 1. The van der Waals surface area contributed by atoms with Gasteiger partial charge in [-0.3, -0.25) is 0 Å². The van der Waals surface area contributed by atoms with E-state index in [-0.39, 0.29) is 5.54 Å². The molecule has 1 aliphatic rings. The summed E-state index contributed by atoms with van der Waals surface area (Å²) in [6.45, 7) is 9.23. The molecule has 2 heteroatoms. The molecule has 0 aliphatic heterocycles. The van der Waals surface area contributed by atoms with Crippen LogP contribution in [0.1, 0.15) is 50.5 Å². The Bertz CT molecular complexity index is 380. The average Bonchev–Trinajstić information content (AvgIpc) is 2.46. The van der Waals surface area contributed by atoms with Crippen LogP contribution in [0.4, 0.5) is 0 Å². The summed E-state index contributed by atoms with van der Waals surface area (Å²) in [4.78, 5) is 1.41. The summed E-state index contributed by atoms with van der Waals surface area (Å²) < 4.78 is 0. The fourth-order valence-corrected chi connectivity index (χ4v) is 4.74. The highest BCUT2D eigenvalue weighted by Crippen LogP contribution is 2.48. The van der Waals surface area contributed by atoms with Gasteiger partial charge in [0.1, 0.15) is 0 Å². The first-order valence-electron chi connectivity index (χ1n) is 6.16. The average molecular weight is 237 g/mol. The van der Waals surface area contributed by atoms with Crippen LogP contribution >= 0.6 is 11.3 Å². The molecular formula is C14H23NS. The Morgan fingerprint density at radius 3 is 2.56 bits per heavy atom. The molecule has 2 atom stereocenters. The zero-order valence-corrected chi connectivity index (χ0v) is 11.7. The molecule has 90 valence electrons. The van der Waals surface area contributed by atoms with Gasteiger partial charge in [0, 0.05) is 4.88 Å². The molecule has 1 aromatic heterocycles. The number of thiophene rings is 1. The Hall–Kier alpha value is -0.340. The molecule has 0 aromatic carbocycles. The van der Waals surface area contributed by atoms with Gasteiger partial charge in [-0.15, -0.1) is 11.3 Å². The summed E-state index contributed by atoms with van der Waals surface area (Å²) in [5, 5.41) is 2.17. The first kappa shape index (κ1) is 12.1. The van der Waals surface area contributed by atoms with E-state index >= 15 is 0 Å². The van der Waals surface area contributed by atoms with Crippen molar-refractivity contribution in [3.63, 3.8) is 0 Å². The van der Waals surface area contributed by atoms with E-state index in [4.69, 9.17) is 5.73 Å². The molecular weight excluding hydrogens is 214 g/mol. The minimum absolute atomic E-state index is 0.0839. The molecule has 1 aliphatic carbocycles. The van der Waals surface area contributed by atoms with E-state index in [9.17, 15) is 0 Å². The normalized spacial score (nSPS) is 33.9. The summed E-state index contributed by atoms with van der Waals surface area (Å²) >= 11 is 1.83. The van der Waals surface area contributed by atoms with Gasteiger partial charge in [0.25, 0.3) is 0 Å². The van der Waals surface area contributed by atoms with Crippen LogP contribution in [0.2, 0.25) is 0 Å². The van der Waals surface area contributed by atoms with Crippen molar-refractivity contribution in [3.05, 3.63) is 21.9 Å². The zero-order valence-electron chi connectivity index (χ0n) is 10.8. The van der Waals surface area contributed by atoms with Crippen molar-refractivity contribution >= 4 is 11.3 Å². The smallest absolute Gasteiger partial charge is 0.0514 e. The topological polar surface area (TPSA) is 26.0 Å². The van der Waals surface area contributed by atoms with Gasteiger partial charge in [-0.1, -0.05) is 20.8 Å². The lowest BCUT2D eigenvalue weighted by Gasteiger charge is -2.45. The molecule has 2 N–H and O–H groups in total. The maximum atomic E-state index is 6.70. The Morgan fingerprint density at radius 1 is 1.38 bits per heavy atom. The minimum Gasteiger partial charge on any atom is -0.321 e. The van der Waals surface area contributed by atoms with Crippen molar-refractivity contribution < 1.29 is 0 Å². The Balaban J connectivity index is 2.34. The van der Waals surface area contributed by atoms with Crippen LogP contribution in [0, 0.1) is 18.3 Å². The highest BCUT2D eigenvalue weighted by Gasteiger charge is 2.42. The van der Waals surface area contributed by atoms with Crippen LogP contribution in [0.15, 0.2) is 11.4 Å². The van der Waals surface area contributed by atoms with Crippen LogP contribution in [0.25, 0.3) is 0 Å². The molecule has 1 fully saturated rings. The number of nitrogens with two attached hydrogens (primary N) is 1. The van der Waals surface area contributed by atoms with E-state index in [1.165, 1.54) is 16.9 Å². The highest BCUT2D eigenvalue weighted by atomic mass is 32.1. The summed E-state index contributed by atoms with van der Waals surface area (Å²) in [5.41, 5.74) is 8.37. The third kappa shape index (κ3) is 2.18. The van der Waals surface area contributed by atoms with Crippen molar-refractivity contribution in [3.8, 4) is 0 Å². The minimum atomic E-state index is -0.0839. The van der Waals surface area contributed by atoms with Crippen molar-refractivity contribution in [1.82, 2.24) is 0 Å². The van der Waals surface area contributed by atoms with Crippen LogP contribution in [0.5, 0.6) is 0 Å². The third-order valence-corrected chi connectivity index (χ3v) is 4.96. The maximum absolute atomic E-state index is 6.70. The molecule has 0 bridgehead atoms. The Morgan fingerprint density at radius 2 is 2.06 bits per heavy atom. The van der Waals surface area contributed by atoms with Crippen molar-refractivity contribution in [2.75, 3.05) is 0 Å². The number of hydrogen-bond acceptors (Lipinski definition) is 2. The molecule has 2 unspecified atom stereocenters. The van der Waals surface area contributed by atoms with E-state index in [1.807, 2.05) is 11.3 Å². The summed E-state index contributed by atoms with van der Waals surface area (Å²) in [5.74, 6) is 0.732. The van der Waals surface area contributed by atoms with E-state index in [1.54, 1.807) is 0 Å². The van der Waals surface area contributed by atoms with Gasteiger partial charge in [-0.25, -0.2) is 0 Å². The van der Waals surface area contributed by atoms with Gasteiger partial charge in [-0.2, -0.15) is 0 Å². The van der Waals surface area contributed by atoms with Gasteiger partial charge >= 0.3 is 0 Å². The van der Waals surface area contributed by atoms with Gasteiger partial charge in [0.2, 0.25) is 0 Å². The SMILES string of the molecule is Cc1ccsc1C1(N)CC(C)CC(C)(C)C1. The van der Waals surface area contributed by atoms with Crippen LogP contribution < -0.4 is 5.73 Å². The molecule has 0 amide bonds. The monoisotopic (exact) mass is 237 g/mol. The predicted octanol–water partition coefficient (Wildman–Crippen LogP) is 4.06. The molecule has 0 radical (unpaired) electrons. The Kier molecular flexibility index (Phi) is 2.92. The van der Waals surface area contributed by atoms with E-state index in [2.05, 4.69) is 39.1 Å². The zero-order chi connectivity index (χ0) is 12.0. The maximum Gasteiger partial charge on any atom is 0.0514 e. The van der Waals surface area contributed by atoms with Crippen molar-refractivity contribution in [1.29, 1.82) is 0 Å². The second kappa shape index (κ2) is 3.85. The second-order valence-electron chi connectivity index (χ2n) is 6.44. The van der Waals surface area contributed by atoms with Gasteiger partial charge in [-0.05, 0) is 54.5 Å². The Labute approximate surface area is 103 Å². The lowest BCUT2D eigenvalue weighted by molar-refractivity contribution is 0.109. The van der Waals surface area contributed by atoms with Crippen LogP contribution in [-0.2, 0) is 5.54 Å². The third-order valence-electron chi connectivity index (χ3n) is 3.72. The molecule has 16 heavy (non-hydrogen) atoms. The molecule has 1 heterocycles. The van der Waals surface area contributed by atoms with Crippen molar-refractivity contribution in [2.24, 2.45) is 17.1 Å². The van der Waals surface area contributed by atoms with E-state index < -0.39 is 0 Å². The largest absolute Gasteiger partial charge is 0.321 e. The predicted molar refractivity (Wildman–Crippen MR) is 71.7 cm³/mol. The summed E-state index contributed by atoms with van der Waals surface area (Å²) in [6, 6.07) is 2.20. The standard InChI is InChI=1S/C14H23NS/c1-10-7-13(3,4)9-14(15,8-10)12-11(2)5-6-16-12/h5-6,10H,7-9,15H2,1-4H3. The van der Waals surface area contributed by atoms with E-state index in [0.29, 0.717) is 5.41 Å². The van der Waals surface area contributed by atoms with E-state index in [0.717, 1.165) is 18.8 Å². The lowest BCUT2D eigenvalue weighted by Crippen LogP contribution is -2.46. The molecule has 0 saturated heterocycles. The summed E-state index contributed by atoms with van der Waals surface area (Å²) in [6.07, 6.45) is 3.56. The fraction of sp³-hybridized carbons (Fsp3) is 0.714. The van der Waals surface area contributed by atoms with Gasteiger partial charge in [0.15, 0.2) is 0 Å². The second-order valence-corrected chi connectivity index (χ2v) is 7.36. The number of rotatable bonds is 1. The fourth-order valence-electron chi connectivity index (χ4n) is 3.69. The van der Waals surface area contributed by atoms with Crippen LogP contribution in [-0.4, -0.2) is 0 Å². The van der Waals surface area contributed by atoms with Gasteiger partial charge < -0.3 is 5.73 Å². The van der Waals surface area contributed by atoms with Crippen molar-refractivity contribution in [2.45, 2.75) is 52.5 Å². The molecule has 1 saturated carbocycles. The lowest BCUT2D eigenvalue weighted by atomic mass is 9.64. The first-order chi connectivity index (χ1) is 7.32. The molecule has 0 spiro atoms. The summed E-state index contributed by atoms with van der Waals surface area (Å²) in [7, 11) is 0. The van der Waals surface area contributed by atoms with Gasteiger partial charge in [0.05, 0.1) is 5.54 Å². The molecule has 1 nitrogen and oxygen atoms in total. The molecule has 1 aromatic rings. The number of aryl methyl sites for hydroxylation is 1. The first-order valence-corrected chi connectivity index (χ1v) is 7.04. The van der Waals surface area contributed by atoms with Crippen LogP contribution in [0.3, 0.4) is 0 Å². The highest BCUT2D eigenvalue weighted by molar-refractivity contribution is 7.10. The molecule has 2 rings (SSSR count).